The molecule has 0 fully saturated rings. The highest BCUT2D eigenvalue weighted by Crippen LogP contribution is 2.32. The Labute approximate surface area is 121 Å². The third-order valence-electron chi connectivity index (χ3n) is 3.07. The summed E-state index contributed by atoms with van der Waals surface area (Å²) in [7, 11) is 3.21. The maximum absolute atomic E-state index is 11.5. The van der Waals surface area contributed by atoms with Crippen LogP contribution in [-0.2, 0) is 16.1 Å². The highest BCUT2D eigenvalue weighted by atomic mass is 35.7. The van der Waals surface area contributed by atoms with E-state index in [1.807, 2.05) is 13.8 Å². The Hall–Kier alpha value is -0.850. The van der Waals surface area contributed by atoms with E-state index >= 15 is 0 Å². The molecule has 2 aromatic rings. The summed E-state index contributed by atoms with van der Waals surface area (Å²) < 4.78 is 24.6. The van der Waals surface area contributed by atoms with E-state index in [0.717, 1.165) is 6.42 Å². The Kier molecular flexibility index (Phi) is 3.77. The standard InChI is InChI=1S/C11H13Cl2N3O2S/c1-4-6(2)10-14-9(12)8-7(19(13,17)18)5-16(3)11(8)15-10/h5-6H,4H2,1-3H3. The lowest BCUT2D eigenvalue weighted by molar-refractivity contribution is 0.610. The fourth-order valence-electron chi connectivity index (χ4n) is 1.79. The van der Waals surface area contributed by atoms with Gasteiger partial charge in [0.05, 0.1) is 5.39 Å². The van der Waals surface area contributed by atoms with Gasteiger partial charge in [0.25, 0.3) is 9.05 Å². The SMILES string of the molecule is CCC(C)c1nc(Cl)c2c(S(=O)(=O)Cl)cn(C)c2n1. The number of hydrogen-bond donors (Lipinski definition) is 0. The minimum Gasteiger partial charge on any atom is -0.334 e. The molecular weight excluding hydrogens is 309 g/mol. The molecule has 0 radical (unpaired) electrons. The van der Waals surface area contributed by atoms with E-state index in [2.05, 4.69) is 9.97 Å². The maximum Gasteiger partial charge on any atom is 0.263 e. The predicted molar refractivity (Wildman–Crippen MR) is 75.3 cm³/mol. The molecule has 0 N–H and O–H groups in total. The van der Waals surface area contributed by atoms with Crippen molar-refractivity contribution in [3.8, 4) is 0 Å². The summed E-state index contributed by atoms with van der Waals surface area (Å²) in [6.07, 6.45) is 2.26. The van der Waals surface area contributed by atoms with Crippen LogP contribution < -0.4 is 0 Å². The molecule has 0 bridgehead atoms. The first-order chi connectivity index (χ1) is 8.75. The van der Waals surface area contributed by atoms with Crippen LogP contribution in [0.25, 0.3) is 11.0 Å². The largest absolute Gasteiger partial charge is 0.334 e. The fourth-order valence-corrected chi connectivity index (χ4v) is 3.19. The zero-order valence-electron chi connectivity index (χ0n) is 10.7. The van der Waals surface area contributed by atoms with Gasteiger partial charge in [0.1, 0.15) is 21.5 Å². The highest BCUT2D eigenvalue weighted by molar-refractivity contribution is 8.14. The van der Waals surface area contributed by atoms with Crippen molar-refractivity contribution in [3.63, 3.8) is 0 Å². The number of hydrogen-bond acceptors (Lipinski definition) is 4. The lowest BCUT2D eigenvalue weighted by atomic mass is 10.1. The van der Waals surface area contributed by atoms with Gasteiger partial charge in [-0.2, -0.15) is 0 Å². The second kappa shape index (κ2) is 4.92. The average Bonchev–Trinajstić information content (AvgIpc) is 2.66. The smallest absolute Gasteiger partial charge is 0.263 e. The number of fused-ring (bicyclic) bond motifs is 1. The molecule has 0 spiro atoms. The molecule has 0 aliphatic rings. The normalized spacial score (nSPS) is 13.9. The Morgan fingerprint density at radius 2 is 2.05 bits per heavy atom. The summed E-state index contributed by atoms with van der Waals surface area (Å²) in [5.41, 5.74) is 0.467. The minimum absolute atomic E-state index is 0.0626. The molecule has 1 atom stereocenters. The molecule has 8 heteroatoms. The van der Waals surface area contributed by atoms with E-state index < -0.39 is 9.05 Å². The predicted octanol–water partition coefficient (Wildman–Crippen LogP) is 3.06. The monoisotopic (exact) mass is 321 g/mol. The van der Waals surface area contributed by atoms with Crippen LogP contribution in [0.3, 0.4) is 0 Å². The van der Waals surface area contributed by atoms with Gasteiger partial charge in [0.2, 0.25) is 0 Å². The highest BCUT2D eigenvalue weighted by Gasteiger charge is 2.23. The summed E-state index contributed by atoms with van der Waals surface area (Å²) >= 11 is 6.10. The molecule has 0 aliphatic carbocycles. The van der Waals surface area contributed by atoms with Gasteiger partial charge in [-0.25, -0.2) is 18.4 Å². The van der Waals surface area contributed by atoms with Crippen molar-refractivity contribution >= 4 is 42.4 Å². The molecule has 0 saturated carbocycles. The first-order valence-corrected chi connectivity index (χ1v) is 8.41. The lowest BCUT2D eigenvalue weighted by Crippen LogP contribution is -2.02. The van der Waals surface area contributed by atoms with Crippen molar-refractivity contribution in [1.29, 1.82) is 0 Å². The van der Waals surface area contributed by atoms with Gasteiger partial charge >= 0.3 is 0 Å². The van der Waals surface area contributed by atoms with Crippen LogP contribution in [0.5, 0.6) is 0 Å². The second-order valence-electron chi connectivity index (χ2n) is 4.42. The number of aryl methyl sites for hydroxylation is 1. The van der Waals surface area contributed by atoms with Crippen LogP contribution in [0.1, 0.15) is 32.0 Å². The quantitative estimate of drug-likeness (QED) is 0.643. The van der Waals surface area contributed by atoms with Crippen molar-refractivity contribution in [3.05, 3.63) is 17.2 Å². The van der Waals surface area contributed by atoms with Gasteiger partial charge in [-0.15, -0.1) is 0 Å². The zero-order valence-corrected chi connectivity index (χ0v) is 13.0. The minimum atomic E-state index is -3.88. The van der Waals surface area contributed by atoms with Crippen LogP contribution in [-0.4, -0.2) is 23.0 Å². The van der Waals surface area contributed by atoms with Gasteiger partial charge in [-0.1, -0.05) is 25.4 Å². The van der Waals surface area contributed by atoms with Gasteiger partial charge in [0, 0.05) is 29.8 Å². The molecule has 0 aliphatic heterocycles. The molecule has 0 amide bonds. The Morgan fingerprint density at radius 1 is 1.42 bits per heavy atom. The lowest BCUT2D eigenvalue weighted by Gasteiger charge is -2.08. The molecule has 0 saturated heterocycles. The third kappa shape index (κ3) is 2.57. The summed E-state index contributed by atoms with van der Waals surface area (Å²) in [5.74, 6) is 0.743. The zero-order chi connectivity index (χ0) is 14.4. The summed E-state index contributed by atoms with van der Waals surface area (Å²) in [6.45, 7) is 4.01. The van der Waals surface area contributed by atoms with Gasteiger partial charge in [-0.3, -0.25) is 0 Å². The summed E-state index contributed by atoms with van der Waals surface area (Å²) in [6, 6.07) is 0. The maximum atomic E-state index is 11.5. The molecule has 5 nitrogen and oxygen atoms in total. The average molecular weight is 322 g/mol. The molecular formula is C11H13Cl2N3O2S. The molecule has 104 valence electrons. The Balaban J connectivity index is 2.82. The fraction of sp³-hybridized carbons (Fsp3) is 0.455. The van der Waals surface area contributed by atoms with Crippen molar-refractivity contribution in [2.45, 2.75) is 31.1 Å². The van der Waals surface area contributed by atoms with Crippen LogP contribution in [0.2, 0.25) is 5.15 Å². The van der Waals surface area contributed by atoms with E-state index in [9.17, 15) is 8.42 Å². The van der Waals surface area contributed by atoms with Crippen molar-refractivity contribution in [1.82, 2.24) is 14.5 Å². The van der Waals surface area contributed by atoms with Crippen molar-refractivity contribution < 1.29 is 8.42 Å². The van der Waals surface area contributed by atoms with Gasteiger partial charge in [-0.05, 0) is 6.42 Å². The van der Waals surface area contributed by atoms with Gasteiger partial charge in [0.15, 0.2) is 0 Å². The van der Waals surface area contributed by atoms with Crippen molar-refractivity contribution in [2.24, 2.45) is 7.05 Å². The molecule has 2 aromatic heterocycles. The molecule has 2 heterocycles. The van der Waals surface area contributed by atoms with Crippen molar-refractivity contribution in [2.75, 3.05) is 0 Å². The van der Waals surface area contributed by atoms with Crippen LogP contribution in [0, 0.1) is 0 Å². The number of aromatic nitrogens is 3. The van der Waals surface area contributed by atoms with Crippen LogP contribution in [0.4, 0.5) is 0 Å². The van der Waals surface area contributed by atoms with E-state index in [-0.39, 0.29) is 21.4 Å². The third-order valence-corrected chi connectivity index (χ3v) is 4.68. The Bertz CT molecular complexity index is 740. The van der Waals surface area contributed by atoms with E-state index in [0.29, 0.717) is 11.5 Å². The van der Waals surface area contributed by atoms with E-state index in [1.165, 1.54) is 6.20 Å². The molecule has 1 unspecified atom stereocenters. The number of rotatable bonds is 3. The second-order valence-corrected chi connectivity index (χ2v) is 7.31. The summed E-state index contributed by atoms with van der Waals surface area (Å²) in [4.78, 5) is 8.50. The molecule has 19 heavy (non-hydrogen) atoms. The molecule has 2 rings (SSSR count). The topological polar surface area (TPSA) is 64.8 Å². The first-order valence-electron chi connectivity index (χ1n) is 5.72. The number of nitrogens with zero attached hydrogens (tertiary/aromatic N) is 3. The Morgan fingerprint density at radius 3 is 2.58 bits per heavy atom. The van der Waals surface area contributed by atoms with Crippen LogP contribution >= 0.6 is 22.3 Å². The van der Waals surface area contributed by atoms with E-state index in [4.69, 9.17) is 22.3 Å². The van der Waals surface area contributed by atoms with Gasteiger partial charge < -0.3 is 4.57 Å². The number of halogens is 2. The van der Waals surface area contributed by atoms with Crippen LogP contribution in [0.15, 0.2) is 11.1 Å². The van der Waals surface area contributed by atoms with E-state index in [1.54, 1.807) is 11.6 Å². The molecule has 0 aromatic carbocycles. The summed E-state index contributed by atoms with van der Waals surface area (Å²) in [5, 5.41) is 0.381. The first kappa shape index (κ1) is 14.6.